The Morgan fingerprint density at radius 3 is 2.69 bits per heavy atom. The van der Waals surface area contributed by atoms with Crippen molar-refractivity contribution >= 4 is 40.0 Å². The van der Waals surface area contributed by atoms with E-state index in [2.05, 4.69) is 15.3 Å². The first-order valence-electron chi connectivity index (χ1n) is 8.37. The number of H-pyrrole nitrogens is 2. The Balaban J connectivity index is 1.78. The van der Waals surface area contributed by atoms with E-state index in [1.165, 1.54) is 0 Å². The third-order valence-corrected chi connectivity index (χ3v) is 5.08. The summed E-state index contributed by atoms with van der Waals surface area (Å²) in [7, 11) is 0. The summed E-state index contributed by atoms with van der Waals surface area (Å²) in [6.45, 7) is 4.29. The maximum atomic E-state index is 12.3. The zero-order valence-electron chi connectivity index (χ0n) is 14.5. The standard InChI is InChI=1S/C19H19Cl2N3O2/c1-3-11-8-13(19(26)23-9-11)18(25)22-7-6-12-10(2)24-17-15(21)5-4-14(20)16(12)17/h4-5,8-9,24H,3,6-7H2,1-2H3,(H,22,25)(H,23,26). The Labute approximate surface area is 160 Å². The molecule has 0 spiro atoms. The molecule has 136 valence electrons. The lowest BCUT2D eigenvalue weighted by molar-refractivity contribution is 0.0952. The van der Waals surface area contributed by atoms with Crippen LogP contribution in [0.2, 0.25) is 10.0 Å². The van der Waals surface area contributed by atoms with E-state index in [4.69, 9.17) is 23.2 Å². The number of aromatic nitrogens is 2. The topological polar surface area (TPSA) is 77.8 Å². The van der Waals surface area contributed by atoms with E-state index in [0.29, 0.717) is 23.0 Å². The Morgan fingerprint density at radius 1 is 1.23 bits per heavy atom. The molecule has 0 aliphatic heterocycles. The van der Waals surface area contributed by atoms with Crippen LogP contribution in [-0.4, -0.2) is 22.4 Å². The number of aryl methyl sites for hydroxylation is 2. The number of rotatable bonds is 5. The molecule has 3 aromatic rings. The van der Waals surface area contributed by atoms with E-state index in [9.17, 15) is 9.59 Å². The number of amides is 1. The molecule has 0 aliphatic rings. The maximum absolute atomic E-state index is 12.3. The normalized spacial score (nSPS) is 11.1. The number of hydrogen-bond acceptors (Lipinski definition) is 2. The average Bonchev–Trinajstić information content (AvgIpc) is 2.96. The third-order valence-electron chi connectivity index (χ3n) is 4.45. The number of aromatic amines is 2. The molecule has 0 saturated heterocycles. The molecule has 5 nitrogen and oxygen atoms in total. The van der Waals surface area contributed by atoms with Crippen molar-refractivity contribution in [3.63, 3.8) is 0 Å². The summed E-state index contributed by atoms with van der Waals surface area (Å²) in [6, 6.07) is 5.14. The minimum atomic E-state index is -0.391. The first kappa shape index (κ1) is 18.5. The first-order valence-corrected chi connectivity index (χ1v) is 9.13. The lowest BCUT2D eigenvalue weighted by Crippen LogP contribution is -2.31. The smallest absolute Gasteiger partial charge is 0.260 e. The summed E-state index contributed by atoms with van der Waals surface area (Å²) >= 11 is 12.6. The first-order chi connectivity index (χ1) is 12.4. The fraction of sp³-hybridized carbons (Fsp3) is 0.263. The second-order valence-electron chi connectivity index (χ2n) is 6.12. The molecule has 7 heteroatoms. The monoisotopic (exact) mass is 391 g/mol. The van der Waals surface area contributed by atoms with Crippen LogP contribution in [0.1, 0.15) is 34.1 Å². The van der Waals surface area contributed by atoms with Crippen LogP contribution in [0.4, 0.5) is 0 Å². The van der Waals surface area contributed by atoms with Crippen molar-refractivity contribution in [2.24, 2.45) is 0 Å². The minimum absolute atomic E-state index is 0.126. The maximum Gasteiger partial charge on any atom is 0.260 e. The van der Waals surface area contributed by atoms with Crippen LogP contribution in [0, 0.1) is 6.92 Å². The van der Waals surface area contributed by atoms with Crippen molar-refractivity contribution in [1.29, 1.82) is 0 Å². The van der Waals surface area contributed by atoms with Gasteiger partial charge in [0.1, 0.15) is 5.56 Å². The number of halogens is 2. The molecule has 0 aliphatic carbocycles. The average molecular weight is 392 g/mol. The molecular weight excluding hydrogens is 373 g/mol. The van der Waals surface area contributed by atoms with Gasteiger partial charge in [0, 0.05) is 23.8 Å². The van der Waals surface area contributed by atoms with Crippen LogP contribution >= 0.6 is 23.2 Å². The van der Waals surface area contributed by atoms with Gasteiger partial charge in [-0.1, -0.05) is 30.1 Å². The number of nitrogens with one attached hydrogen (secondary N) is 3. The Kier molecular flexibility index (Phi) is 5.39. The van der Waals surface area contributed by atoms with Crippen LogP contribution in [0.15, 0.2) is 29.2 Å². The number of carbonyl (C=O) groups is 1. The molecular formula is C19H19Cl2N3O2. The van der Waals surface area contributed by atoms with Crippen LogP contribution < -0.4 is 10.9 Å². The van der Waals surface area contributed by atoms with Crippen molar-refractivity contribution in [2.45, 2.75) is 26.7 Å². The molecule has 0 bridgehead atoms. The van der Waals surface area contributed by atoms with E-state index >= 15 is 0 Å². The zero-order chi connectivity index (χ0) is 18.8. The number of fused-ring (bicyclic) bond motifs is 1. The predicted octanol–water partition coefficient (Wildman–Crippen LogP) is 4.01. The molecule has 0 fully saturated rings. The summed E-state index contributed by atoms with van der Waals surface area (Å²) in [6.07, 6.45) is 2.94. The Bertz CT molecular complexity index is 1040. The molecule has 0 radical (unpaired) electrons. The van der Waals surface area contributed by atoms with Gasteiger partial charge in [-0.05, 0) is 49.1 Å². The van der Waals surface area contributed by atoms with Gasteiger partial charge in [-0.2, -0.15) is 0 Å². The van der Waals surface area contributed by atoms with Gasteiger partial charge < -0.3 is 15.3 Å². The highest BCUT2D eigenvalue weighted by Crippen LogP contribution is 2.33. The second kappa shape index (κ2) is 7.56. The summed E-state index contributed by atoms with van der Waals surface area (Å²) in [5.41, 5.74) is 3.40. The molecule has 0 unspecified atom stereocenters. The van der Waals surface area contributed by atoms with Gasteiger partial charge in [0.2, 0.25) is 0 Å². The fourth-order valence-electron chi connectivity index (χ4n) is 3.03. The van der Waals surface area contributed by atoms with E-state index in [1.54, 1.807) is 24.4 Å². The Hall–Kier alpha value is -2.24. The van der Waals surface area contributed by atoms with Crippen molar-refractivity contribution in [3.05, 3.63) is 67.2 Å². The zero-order valence-corrected chi connectivity index (χ0v) is 16.0. The van der Waals surface area contributed by atoms with Gasteiger partial charge in [0.15, 0.2) is 0 Å². The number of pyridine rings is 1. The van der Waals surface area contributed by atoms with Crippen LogP contribution in [0.3, 0.4) is 0 Å². The molecule has 2 aromatic heterocycles. The quantitative estimate of drug-likeness (QED) is 0.614. The van der Waals surface area contributed by atoms with E-state index in [0.717, 1.165) is 34.1 Å². The second-order valence-corrected chi connectivity index (χ2v) is 6.93. The number of hydrogen-bond donors (Lipinski definition) is 3. The highest BCUT2D eigenvalue weighted by atomic mass is 35.5. The van der Waals surface area contributed by atoms with Crippen molar-refractivity contribution in [2.75, 3.05) is 6.54 Å². The molecule has 26 heavy (non-hydrogen) atoms. The highest BCUT2D eigenvalue weighted by molar-refractivity contribution is 6.40. The van der Waals surface area contributed by atoms with E-state index in [-0.39, 0.29) is 11.5 Å². The summed E-state index contributed by atoms with van der Waals surface area (Å²) in [4.78, 5) is 30.1. The third kappa shape index (κ3) is 3.50. The van der Waals surface area contributed by atoms with E-state index < -0.39 is 5.56 Å². The minimum Gasteiger partial charge on any atom is -0.357 e. The van der Waals surface area contributed by atoms with Gasteiger partial charge in [-0.25, -0.2) is 0 Å². The lowest BCUT2D eigenvalue weighted by atomic mass is 10.1. The van der Waals surface area contributed by atoms with Crippen LogP contribution in [0.25, 0.3) is 10.9 Å². The summed E-state index contributed by atoms with van der Waals surface area (Å²) in [5, 5.41) is 4.89. The van der Waals surface area contributed by atoms with Crippen molar-refractivity contribution in [1.82, 2.24) is 15.3 Å². The van der Waals surface area contributed by atoms with Crippen LogP contribution in [-0.2, 0) is 12.8 Å². The molecule has 3 N–H and O–H groups in total. The molecule has 0 saturated carbocycles. The molecule has 1 amide bonds. The fourth-order valence-corrected chi connectivity index (χ4v) is 3.51. The SMILES string of the molecule is CCc1c[nH]c(=O)c(C(=O)NCCc2c(C)[nH]c3c(Cl)ccc(Cl)c23)c1. The number of benzene rings is 1. The highest BCUT2D eigenvalue weighted by Gasteiger charge is 2.15. The van der Waals surface area contributed by atoms with Gasteiger partial charge in [-0.15, -0.1) is 0 Å². The molecule has 3 rings (SSSR count). The van der Waals surface area contributed by atoms with Gasteiger partial charge in [0.25, 0.3) is 11.5 Å². The van der Waals surface area contributed by atoms with Gasteiger partial charge >= 0.3 is 0 Å². The Morgan fingerprint density at radius 2 is 1.96 bits per heavy atom. The van der Waals surface area contributed by atoms with Gasteiger partial charge in [-0.3, -0.25) is 9.59 Å². The molecule has 2 heterocycles. The molecule has 1 aromatic carbocycles. The number of carbonyl (C=O) groups excluding carboxylic acids is 1. The largest absolute Gasteiger partial charge is 0.357 e. The summed E-state index contributed by atoms with van der Waals surface area (Å²) in [5.74, 6) is -0.386. The van der Waals surface area contributed by atoms with Crippen molar-refractivity contribution in [3.8, 4) is 0 Å². The summed E-state index contributed by atoms with van der Waals surface area (Å²) < 4.78 is 0. The van der Waals surface area contributed by atoms with Crippen molar-refractivity contribution < 1.29 is 4.79 Å². The van der Waals surface area contributed by atoms with E-state index in [1.807, 2.05) is 13.8 Å². The predicted molar refractivity (Wildman–Crippen MR) is 106 cm³/mol. The van der Waals surface area contributed by atoms with Gasteiger partial charge in [0.05, 0.1) is 15.6 Å². The van der Waals surface area contributed by atoms with Crippen LogP contribution in [0.5, 0.6) is 0 Å². The lowest BCUT2D eigenvalue weighted by Gasteiger charge is -2.07. The molecule has 0 atom stereocenters.